The standard InChI is InChI=1S/C10H14N2OS/c1-10(2,3)7-11-12-9(13)8-5-4-6-14-8/h4-7H,1-3H3,(H,12,13)/b11-7-. The Bertz CT molecular complexity index is 322. The third-order valence-electron chi connectivity index (χ3n) is 1.36. The quantitative estimate of drug-likeness (QED) is 0.591. The summed E-state index contributed by atoms with van der Waals surface area (Å²) < 4.78 is 0. The fourth-order valence-corrected chi connectivity index (χ4v) is 1.36. The van der Waals surface area contributed by atoms with Gasteiger partial charge in [-0.3, -0.25) is 4.79 Å². The first-order valence-corrected chi connectivity index (χ1v) is 5.25. The second-order valence-corrected chi connectivity index (χ2v) is 4.99. The zero-order chi connectivity index (χ0) is 10.6. The van der Waals surface area contributed by atoms with Gasteiger partial charge in [0, 0.05) is 6.21 Å². The van der Waals surface area contributed by atoms with Gasteiger partial charge in [0.05, 0.1) is 4.88 Å². The summed E-state index contributed by atoms with van der Waals surface area (Å²) in [5.41, 5.74) is 2.47. The lowest BCUT2D eigenvalue weighted by molar-refractivity contribution is 0.0959. The van der Waals surface area contributed by atoms with Crippen LogP contribution < -0.4 is 5.43 Å². The first-order valence-electron chi connectivity index (χ1n) is 4.37. The van der Waals surface area contributed by atoms with Crippen molar-refractivity contribution in [2.45, 2.75) is 20.8 Å². The molecule has 4 heteroatoms. The lowest BCUT2D eigenvalue weighted by Crippen LogP contribution is -2.18. The molecule has 0 unspecified atom stereocenters. The minimum Gasteiger partial charge on any atom is -0.266 e. The second-order valence-electron chi connectivity index (χ2n) is 4.04. The first kappa shape index (κ1) is 10.9. The molecular weight excluding hydrogens is 196 g/mol. The smallest absolute Gasteiger partial charge is 0.266 e. The molecular formula is C10H14N2OS. The van der Waals surface area contributed by atoms with Crippen LogP contribution in [-0.2, 0) is 0 Å². The van der Waals surface area contributed by atoms with Gasteiger partial charge in [0.25, 0.3) is 5.91 Å². The molecule has 1 aromatic heterocycles. The molecule has 1 amide bonds. The number of nitrogens with one attached hydrogen (secondary N) is 1. The maximum absolute atomic E-state index is 11.4. The van der Waals surface area contributed by atoms with E-state index >= 15 is 0 Å². The highest BCUT2D eigenvalue weighted by Gasteiger charge is 2.07. The predicted molar refractivity (Wildman–Crippen MR) is 59.7 cm³/mol. The molecule has 0 spiro atoms. The normalized spacial score (nSPS) is 11.9. The van der Waals surface area contributed by atoms with E-state index in [1.54, 1.807) is 12.3 Å². The van der Waals surface area contributed by atoms with Gasteiger partial charge in [-0.1, -0.05) is 26.8 Å². The van der Waals surface area contributed by atoms with Crippen molar-refractivity contribution >= 4 is 23.5 Å². The van der Waals surface area contributed by atoms with Crippen LogP contribution in [0.2, 0.25) is 0 Å². The molecule has 0 aliphatic carbocycles. The molecule has 1 aromatic rings. The average molecular weight is 210 g/mol. The molecule has 0 radical (unpaired) electrons. The summed E-state index contributed by atoms with van der Waals surface area (Å²) in [6.07, 6.45) is 1.72. The Morgan fingerprint density at radius 2 is 2.29 bits per heavy atom. The maximum atomic E-state index is 11.4. The molecule has 1 N–H and O–H groups in total. The number of thiophene rings is 1. The fourth-order valence-electron chi connectivity index (χ4n) is 0.747. The van der Waals surface area contributed by atoms with Crippen LogP contribution in [0, 0.1) is 5.41 Å². The van der Waals surface area contributed by atoms with Gasteiger partial charge in [0.2, 0.25) is 0 Å². The van der Waals surface area contributed by atoms with Crippen LogP contribution in [0.5, 0.6) is 0 Å². The van der Waals surface area contributed by atoms with Crippen molar-refractivity contribution in [3.05, 3.63) is 22.4 Å². The SMILES string of the molecule is CC(C)(C)/C=N\NC(=O)c1cccs1. The number of carbonyl (C=O) groups is 1. The largest absolute Gasteiger partial charge is 0.281 e. The Morgan fingerprint density at radius 3 is 2.79 bits per heavy atom. The zero-order valence-electron chi connectivity index (χ0n) is 8.57. The van der Waals surface area contributed by atoms with E-state index in [1.165, 1.54) is 11.3 Å². The predicted octanol–water partition coefficient (Wildman–Crippen LogP) is 2.51. The summed E-state index contributed by atoms with van der Waals surface area (Å²) in [5, 5.41) is 5.74. The minimum absolute atomic E-state index is 0.0112. The van der Waals surface area contributed by atoms with E-state index in [4.69, 9.17) is 0 Å². The minimum atomic E-state index is -0.152. The van der Waals surface area contributed by atoms with Crippen LogP contribution in [0.3, 0.4) is 0 Å². The van der Waals surface area contributed by atoms with Crippen LogP contribution in [0.1, 0.15) is 30.4 Å². The van der Waals surface area contributed by atoms with Gasteiger partial charge in [-0.15, -0.1) is 11.3 Å². The number of hydrogen-bond acceptors (Lipinski definition) is 3. The van der Waals surface area contributed by atoms with Crippen molar-refractivity contribution in [3.8, 4) is 0 Å². The van der Waals surface area contributed by atoms with Gasteiger partial charge < -0.3 is 0 Å². The summed E-state index contributed by atoms with van der Waals surface area (Å²) in [6, 6.07) is 3.61. The van der Waals surface area contributed by atoms with Crippen LogP contribution in [-0.4, -0.2) is 12.1 Å². The van der Waals surface area contributed by atoms with Crippen LogP contribution >= 0.6 is 11.3 Å². The molecule has 0 saturated heterocycles. The number of amides is 1. The zero-order valence-corrected chi connectivity index (χ0v) is 9.39. The molecule has 1 heterocycles. The lowest BCUT2D eigenvalue weighted by atomic mass is 9.99. The van der Waals surface area contributed by atoms with Crippen molar-refractivity contribution in [1.29, 1.82) is 0 Å². The molecule has 0 atom stereocenters. The summed E-state index contributed by atoms with van der Waals surface area (Å²) in [4.78, 5) is 12.1. The Morgan fingerprint density at radius 1 is 1.57 bits per heavy atom. The topological polar surface area (TPSA) is 41.5 Å². The molecule has 0 aromatic carbocycles. The van der Waals surface area contributed by atoms with Crippen molar-refractivity contribution in [1.82, 2.24) is 5.43 Å². The van der Waals surface area contributed by atoms with Crippen molar-refractivity contribution in [3.63, 3.8) is 0 Å². The third kappa shape index (κ3) is 3.70. The summed E-state index contributed by atoms with van der Waals surface area (Å²) in [6.45, 7) is 6.06. The highest BCUT2D eigenvalue weighted by molar-refractivity contribution is 7.12. The molecule has 76 valence electrons. The van der Waals surface area contributed by atoms with E-state index in [9.17, 15) is 4.79 Å². The Kier molecular flexibility index (Phi) is 3.41. The van der Waals surface area contributed by atoms with Gasteiger partial charge in [0.15, 0.2) is 0 Å². The van der Waals surface area contributed by atoms with E-state index in [0.717, 1.165) is 0 Å². The fraction of sp³-hybridized carbons (Fsp3) is 0.400. The van der Waals surface area contributed by atoms with E-state index in [-0.39, 0.29) is 11.3 Å². The highest BCUT2D eigenvalue weighted by atomic mass is 32.1. The summed E-state index contributed by atoms with van der Waals surface area (Å²) in [5.74, 6) is -0.152. The van der Waals surface area contributed by atoms with Gasteiger partial charge in [-0.2, -0.15) is 5.10 Å². The number of nitrogens with zero attached hydrogens (tertiary/aromatic N) is 1. The Balaban J connectivity index is 2.48. The monoisotopic (exact) mass is 210 g/mol. The molecule has 0 bridgehead atoms. The molecule has 1 rings (SSSR count). The Hall–Kier alpha value is -1.16. The molecule has 3 nitrogen and oxygen atoms in total. The lowest BCUT2D eigenvalue weighted by Gasteiger charge is -2.09. The third-order valence-corrected chi connectivity index (χ3v) is 2.23. The van der Waals surface area contributed by atoms with Gasteiger partial charge >= 0.3 is 0 Å². The van der Waals surface area contributed by atoms with E-state index in [1.807, 2.05) is 32.2 Å². The van der Waals surface area contributed by atoms with Crippen molar-refractivity contribution in [2.75, 3.05) is 0 Å². The van der Waals surface area contributed by atoms with Crippen LogP contribution in [0.15, 0.2) is 22.6 Å². The second kappa shape index (κ2) is 4.37. The maximum Gasteiger partial charge on any atom is 0.281 e. The summed E-state index contributed by atoms with van der Waals surface area (Å²) in [7, 11) is 0. The van der Waals surface area contributed by atoms with Gasteiger partial charge in [-0.25, -0.2) is 5.43 Å². The Labute approximate surface area is 87.8 Å². The molecule has 0 aliphatic rings. The first-order chi connectivity index (χ1) is 6.49. The summed E-state index contributed by atoms with van der Waals surface area (Å²) >= 11 is 1.40. The number of rotatable bonds is 2. The van der Waals surface area contributed by atoms with Crippen LogP contribution in [0.25, 0.3) is 0 Å². The van der Waals surface area contributed by atoms with Gasteiger partial charge in [0.1, 0.15) is 0 Å². The van der Waals surface area contributed by atoms with Crippen molar-refractivity contribution < 1.29 is 4.79 Å². The average Bonchev–Trinajstić information content (AvgIpc) is 2.53. The molecule has 0 aliphatic heterocycles. The van der Waals surface area contributed by atoms with Gasteiger partial charge in [-0.05, 0) is 16.9 Å². The molecule has 0 saturated carbocycles. The molecule has 0 fully saturated rings. The number of hydrogen-bond donors (Lipinski definition) is 1. The highest BCUT2D eigenvalue weighted by Crippen LogP contribution is 2.09. The van der Waals surface area contributed by atoms with E-state index in [0.29, 0.717) is 4.88 Å². The number of hydrazone groups is 1. The van der Waals surface area contributed by atoms with E-state index < -0.39 is 0 Å². The van der Waals surface area contributed by atoms with Crippen LogP contribution in [0.4, 0.5) is 0 Å². The van der Waals surface area contributed by atoms with Crippen molar-refractivity contribution in [2.24, 2.45) is 10.5 Å². The number of carbonyl (C=O) groups excluding carboxylic acids is 1. The van der Waals surface area contributed by atoms with E-state index in [2.05, 4.69) is 10.5 Å². The molecule has 14 heavy (non-hydrogen) atoms.